The average Bonchev–Trinajstić information content (AvgIpc) is 2.57. The lowest BCUT2D eigenvalue weighted by Gasteiger charge is -2.41. The monoisotopic (exact) mass is 344 g/mol. The second-order valence-electron chi connectivity index (χ2n) is 6.35. The second kappa shape index (κ2) is 11.7. The first-order chi connectivity index (χ1) is 11.5. The fourth-order valence-electron chi connectivity index (χ4n) is 2.97. The highest BCUT2D eigenvalue weighted by molar-refractivity contribution is 5.90. The lowest BCUT2D eigenvalue weighted by molar-refractivity contribution is -0.235. The van der Waals surface area contributed by atoms with E-state index in [1.54, 1.807) is 6.08 Å². The Morgan fingerprint density at radius 3 is 2.46 bits per heavy atom. The third kappa shape index (κ3) is 6.61. The van der Waals surface area contributed by atoms with Gasteiger partial charge in [-0.15, -0.1) is 0 Å². The Bertz CT molecular complexity index is 384. The summed E-state index contributed by atoms with van der Waals surface area (Å²) in [5, 5.41) is 29.1. The summed E-state index contributed by atoms with van der Waals surface area (Å²) in [7, 11) is 1.40. The smallest absolute Gasteiger partial charge is 0.158 e. The van der Waals surface area contributed by atoms with Crippen molar-refractivity contribution in [3.05, 3.63) is 12.2 Å². The molecule has 140 valence electrons. The Balaban J connectivity index is 2.43. The Labute approximate surface area is 144 Å². The first-order valence-corrected chi connectivity index (χ1v) is 8.89. The Kier molecular flexibility index (Phi) is 10.4. The summed E-state index contributed by atoms with van der Waals surface area (Å²) in [6.07, 6.45) is 5.45. The van der Waals surface area contributed by atoms with Crippen molar-refractivity contribution < 1.29 is 29.6 Å². The number of ether oxygens (including phenoxy) is 2. The molecule has 0 amide bonds. The predicted molar refractivity (Wildman–Crippen MR) is 90.7 cm³/mol. The first-order valence-electron chi connectivity index (χ1n) is 8.89. The molecule has 1 aliphatic rings. The molecule has 1 heterocycles. The minimum absolute atomic E-state index is 0.0467. The maximum Gasteiger partial charge on any atom is 0.158 e. The summed E-state index contributed by atoms with van der Waals surface area (Å²) in [5.74, 6) is -0.115. The molecule has 1 rings (SSSR count). The molecule has 1 fully saturated rings. The van der Waals surface area contributed by atoms with Gasteiger partial charge in [0.15, 0.2) is 5.78 Å². The van der Waals surface area contributed by atoms with Crippen LogP contribution in [0.15, 0.2) is 12.2 Å². The molecule has 1 saturated heterocycles. The zero-order chi connectivity index (χ0) is 17.9. The standard InChI is InChI=1S/C18H32O6/c1-3-4-5-6-7-8-9-10-13(20)11-14-18(23-2)17(22)16(21)15(12-19)24-14/h9-10,14-19,21-22H,3-8,11-12H2,1-2H3/b10-9+/t14-,15?,16+,17?,18?/m0/s1. The molecule has 6 heteroatoms. The Morgan fingerprint density at radius 1 is 1.12 bits per heavy atom. The van der Waals surface area contributed by atoms with Crippen molar-refractivity contribution in [1.82, 2.24) is 0 Å². The van der Waals surface area contributed by atoms with Crippen LogP contribution in [0.5, 0.6) is 0 Å². The Hall–Kier alpha value is -0.790. The Morgan fingerprint density at radius 2 is 1.83 bits per heavy atom. The van der Waals surface area contributed by atoms with E-state index in [9.17, 15) is 20.1 Å². The van der Waals surface area contributed by atoms with Crippen LogP contribution in [0.3, 0.4) is 0 Å². The van der Waals surface area contributed by atoms with Crippen LogP contribution in [0.2, 0.25) is 0 Å². The lowest BCUT2D eigenvalue weighted by atomic mass is 9.92. The van der Waals surface area contributed by atoms with E-state index >= 15 is 0 Å². The van der Waals surface area contributed by atoms with E-state index in [1.807, 2.05) is 6.08 Å². The molecule has 0 aromatic rings. The number of unbranched alkanes of at least 4 members (excludes halogenated alkanes) is 5. The highest BCUT2D eigenvalue weighted by atomic mass is 16.6. The number of allylic oxidation sites excluding steroid dienone is 2. The lowest BCUT2D eigenvalue weighted by Crippen LogP contribution is -2.59. The summed E-state index contributed by atoms with van der Waals surface area (Å²) >= 11 is 0. The van der Waals surface area contributed by atoms with Crippen molar-refractivity contribution in [3.63, 3.8) is 0 Å². The number of methoxy groups -OCH3 is 1. The number of aliphatic hydroxyl groups excluding tert-OH is 3. The average molecular weight is 344 g/mol. The van der Waals surface area contributed by atoms with Crippen LogP contribution < -0.4 is 0 Å². The van der Waals surface area contributed by atoms with Gasteiger partial charge in [0.05, 0.1) is 12.7 Å². The highest BCUT2D eigenvalue weighted by Crippen LogP contribution is 2.25. The van der Waals surface area contributed by atoms with Crippen LogP contribution in [-0.4, -0.2) is 65.3 Å². The van der Waals surface area contributed by atoms with Gasteiger partial charge in [-0.1, -0.05) is 38.7 Å². The third-order valence-corrected chi connectivity index (χ3v) is 4.42. The van der Waals surface area contributed by atoms with Crippen molar-refractivity contribution in [1.29, 1.82) is 0 Å². The number of hydrogen-bond donors (Lipinski definition) is 3. The van der Waals surface area contributed by atoms with E-state index in [1.165, 1.54) is 32.8 Å². The zero-order valence-electron chi connectivity index (χ0n) is 14.8. The van der Waals surface area contributed by atoms with Gasteiger partial charge in [0, 0.05) is 13.5 Å². The fourth-order valence-corrected chi connectivity index (χ4v) is 2.97. The van der Waals surface area contributed by atoms with Crippen molar-refractivity contribution in [2.75, 3.05) is 13.7 Å². The molecular weight excluding hydrogens is 312 g/mol. The van der Waals surface area contributed by atoms with E-state index in [0.717, 1.165) is 12.8 Å². The van der Waals surface area contributed by atoms with Crippen molar-refractivity contribution in [2.24, 2.45) is 0 Å². The van der Waals surface area contributed by atoms with Crippen molar-refractivity contribution in [2.45, 2.75) is 82.4 Å². The van der Waals surface area contributed by atoms with E-state index in [0.29, 0.717) is 0 Å². The van der Waals surface area contributed by atoms with Crippen LogP contribution >= 0.6 is 0 Å². The highest BCUT2D eigenvalue weighted by Gasteiger charge is 2.44. The molecular formula is C18H32O6. The number of hydrogen-bond acceptors (Lipinski definition) is 6. The van der Waals surface area contributed by atoms with Crippen LogP contribution in [0.25, 0.3) is 0 Å². The van der Waals surface area contributed by atoms with Crippen LogP contribution in [-0.2, 0) is 14.3 Å². The minimum Gasteiger partial charge on any atom is -0.394 e. The van der Waals surface area contributed by atoms with Gasteiger partial charge in [-0.05, 0) is 18.9 Å². The van der Waals surface area contributed by atoms with Crippen molar-refractivity contribution in [3.8, 4) is 0 Å². The van der Waals surface area contributed by atoms with Gasteiger partial charge >= 0.3 is 0 Å². The molecule has 0 aliphatic carbocycles. The van der Waals surface area contributed by atoms with Gasteiger partial charge in [0.25, 0.3) is 0 Å². The van der Waals surface area contributed by atoms with Crippen LogP contribution in [0, 0.1) is 0 Å². The number of rotatable bonds is 11. The van der Waals surface area contributed by atoms with E-state index in [4.69, 9.17) is 9.47 Å². The van der Waals surface area contributed by atoms with Crippen molar-refractivity contribution >= 4 is 5.78 Å². The molecule has 6 nitrogen and oxygen atoms in total. The molecule has 0 radical (unpaired) electrons. The molecule has 0 aromatic heterocycles. The second-order valence-corrected chi connectivity index (χ2v) is 6.35. The SMILES string of the molecule is CCCCCCC/C=C/C(=O)C[C@@H]1OC(CO)[C@@H](O)C(O)C1OC. The molecule has 1 aliphatic heterocycles. The minimum atomic E-state index is -1.23. The predicted octanol–water partition coefficient (Wildman–Crippen LogP) is 1.36. The quantitative estimate of drug-likeness (QED) is 0.387. The molecule has 3 N–H and O–H groups in total. The summed E-state index contributed by atoms with van der Waals surface area (Å²) in [5.41, 5.74) is 0. The van der Waals surface area contributed by atoms with E-state index < -0.39 is 37.1 Å². The number of carbonyl (C=O) groups is 1. The van der Waals surface area contributed by atoms with Gasteiger partial charge in [-0.3, -0.25) is 4.79 Å². The zero-order valence-corrected chi connectivity index (χ0v) is 14.8. The molecule has 0 saturated carbocycles. The number of ketones is 1. The van der Waals surface area contributed by atoms with Crippen LogP contribution in [0.1, 0.15) is 51.9 Å². The first kappa shape index (κ1) is 21.3. The summed E-state index contributed by atoms with van der Waals surface area (Å²) in [4.78, 5) is 12.1. The summed E-state index contributed by atoms with van der Waals surface area (Å²) in [6.45, 7) is 1.75. The molecule has 3 unspecified atom stereocenters. The topological polar surface area (TPSA) is 96.2 Å². The summed E-state index contributed by atoms with van der Waals surface area (Å²) in [6, 6.07) is 0. The third-order valence-electron chi connectivity index (χ3n) is 4.42. The normalized spacial score (nSPS) is 30.8. The van der Waals surface area contributed by atoms with Crippen LogP contribution in [0.4, 0.5) is 0 Å². The largest absolute Gasteiger partial charge is 0.394 e. The van der Waals surface area contributed by atoms with Gasteiger partial charge < -0.3 is 24.8 Å². The van der Waals surface area contributed by atoms with Gasteiger partial charge in [0.1, 0.15) is 24.4 Å². The molecule has 24 heavy (non-hydrogen) atoms. The molecule has 0 aromatic carbocycles. The molecule has 5 atom stereocenters. The maximum absolute atomic E-state index is 12.1. The summed E-state index contributed by atoms with van der Waals surface area (Å²) < 4.78 is 10.7. The van der Waals surface area contributed by atoms with Gasteiger partial charge in [-0.2, -0.15) is 0 Å². The fraction of sp³-hybridized carbons (Fsp3) is 0.833. The van der Waals surface area contributed by atoms with Gasteiger partial charge in [0.2, 0.25) is 0 Å². The number of aliphatic hydroxyl groups is 3. The van der Waals surface area contributed by atoms with E-state index in [2.05, 4.69) is 6.92 Å². The maximum atomic E-state index is 12.1. The number of carbonyl (C=O) groups excluding carboxylic acids is 1. The van der Waals surface area contributed by atoms with Gasteiger partial charge in [-0.25, -0.2) is 0 Å². The molecule has 0 bridgehead atoms. The van der Waals surface area contributed by atoms with E-state index in [-0.39, 0.29) is 12.2 Å². The molecule has 0 spiro atoms.